The number of likely N-dealkylation sites (N-methyl/N-ethyl adjacent to an activating group) is 1. The fourth-order valence-electron chi connectivity index (χ4n) is 2.25. The molecule has 1 heterocycles. The van der Waals surface area contributed by atoms with Crippen LogP contribution in [0.15, 0.2) is 24.3 Å². The van der Waals surface area contributed by atoms with Crippen LogP contribution in [0.4, 0.5) is 0 Å². The highest BCUT2D eigenvalue weighted by Crippen LogP contribution is 2.17. The Labute approximate surface area is 136 Å². The van der Waals surface area contributed by atoms with Crippen molar-refractivity contribution in [2.45, 2.75) is 38.9 Å². The van der Waals surface area contributed by atoms with Crippen LogP contribution in [0.1, 0.15) is 37.0 Å². The molecule has 0 bridgehead atoms. The summed E-state index contributed by atoms with van der Waals surface area (Å²) < 4.78 is 16.2. The summed E-state index contributed by atoms with van der Waals surface area (Å²) in [4.78, 5) is 23.5. The van der Waals surface area contributed by atoms with Gasteiger partial charge in [0, 0.05) is 13.2 Å². The second kappa shape index (κ2) is 8.53. The van der Waals surface area contributed by atoms with Gasteiger partial charge in [-0.15, -0.1) is 0 Å². The van der Waals surface area contributed by atoms with E-state index in [1.54, 1.807) is 31.2 Å². The van der Waals surface area contributed by atoms with Gasteiger partial charge in [-0.05, 0) is 51.0 Å². The maximum absolute atomic E-state index is 12.0. The SMILES string of the molecule is CCNC(=O)C(C)OC(=O)c1ccc(OCC2CCCO2)cc1. The fraction of sp³-hybridized carbons (Fsp3) is 0.529. The highest BCUT2D eigenvalue weighted by atomic mass is 16.5. The molecule has 2 rings (SSSR count). The molecule has 2 unspecified atom stereocenters. The molecule has 0 aromatic heterocycles. The Balaban J connectivity index is 1.83. The van der Waals surface area contributed by atoms with Crippen molar-refractivity contribution in [3.8, 4) is 5.75 Å². The zero-order valence-corrected chi connectivity index (χ0v) is 13.5. The molecule has 0 saturated carbocycles. The topological polar surface area (TPSA) is 73.9 Å². The van der Waals surface area contributed by atoms with Crippen molar-refractivity contribution in [1.29, 1.82) is 0 Å². The molecule has 1 amide bonds. The van der Waals surface area contributed by atoms with Crippen LogP contribution in [-0.4, -0.2) is 43.8 Å². The first-order valence-electron chi connectivity index (χ1n) is 7.93. The Morgan fingerprint density at radius 3 is 2.70 bits per heavy atom. The summed E-state index contributed by atoms with van der Waals surface area (Å²) >= 11 is 0. The van der Waals surface area contributed by atoms with E-state index < -0.39 is 12.1 Å². The summed E-state index contributed by atoms with van der Waals surface area (Å²) in [6, 6.07) is 6.67. The first-order valence-corrected chi connectivity index (χ1v) is 7.93. The van der Waals surface area contributed by atoms with Gasteiger partial charge in [0.2, 0.25) is 0 Å². The molecule has 6 heteroatoms. The molecule has 126 valence electrons. The lowest BCUT2D eigenvalue weighted by molar-refractivity contribution is -0.128. The minimum atomic E-state index is -0.821. The molecule has 6 nitrogen and oxygen atoms in total. The first-order chi connectivity index (χ1) is 11.1. The Morgan fingerprint density at radius 2 is 2.09 bits per heavy atom. The predicted molar refractivity (Wildman–Crippen MR) is 84.5 cm³/mol. The summed E-state index contributed by atoms with van der Waals surface area (Å²) in [6.45, 7) is 5.15. The number of carbonyl (C=O) groups excluding carboxylic acids is 2. The largest absolute Gasteiger partial charge is 0.491 e. The third-order valence-corrected chi connectivity index (χ3v) is 3.55. The summed E-state index contributed by atoms with van der Waals surface area (Å²) in [5.74, 6) is -0.166. The fourth-order valence-corrected chi connectivity index (χ4v) is 2.25. The molecule has 1 aromatic rings. The maximum Gasteiger partial charge on any atom is 0.338 e. The van der Waals surface area contributed by atoms with Crippen LogP contribution in [0.25, 0.3) is 0 Å². The Morgan fingerprint density at radius 1 is 1.35 bits per heavy atom. The van der Waals surface area contributed by atoms with Gasteiger partial charge in [-0.1, -0.05) is 0 Å². The minimum Gasteiger partial charge on any atom is -0.491 e. The Kier molecular flexibility index (Phi) is 6.40. The van der Waals surface area contributed by atoms with Gasteiger partial charge >= 0.3 is 5.97 Å². The van der Waals surface area contributed by atoms with Crippen molar-refractivity contribution in [3.63, 3.8) is 0 Å². The van der Waals surface area contributed by atoms with Gasteiger partial charge in [-0.3, -0.25) is 4.79 Å². The Hall–Kier alpha value is -2.08. The van der Waals surface area contributed by atoms with Crippen LogP contribution < -0.4 is 10.1 Å². The summed E-state index contributed by atoms with van der Waals surface area (Å²) in [5.41, 5.74) is 0.380. The van der Waals surface area contributed by atoms with Gasteiger partial charge in [0.15, 0.2) is 6.10 Å². The van der Waals surface area contributed by atoms with Crippen molar-refractivity contribution in [1.82, 2.24) is 5.32 Å². The maximum atomic E-state index is 12.0. The number of nitrogens with one attached hydrogen (secondary N) is 1. The summed E-state index contributed by atoms with van der Waals surface area (Å²) in [5, 5.41) is 2.61. The van der Waals surface area contributed by atoms with E-state index >= 15 is 0 Å². The minimum absolute atomic E-state index is 0.151. The molecule has 1 aromatic carbocycles. The average Bonchev–Trinajstić information content (AvgIpc) is 3.07. The number of rotatable bonds is 7. The molecule has 1 fully saturated rings. The normalized spacial score (nSPS) is 18.3. The van der Waals surface area contributed by atoms with E-state index in [-0.39, 0.29) is 12.0 Å². The number of ether oxygens (including phenoxy) is 3. The third-order valence-electron chi connectivity index (χ3n) is 3.55. The number of benzene rings is 1. The van der Waals surface area contributed by atoms with Crippen molar-refractivity contribution >= 4 is 11.9 Å². The smallest absolute Gasteiger partial charge is 0.338 e. The summed E-state index contributed by atoms with van der Waals surface area (Å²) in [7, 11) is 0. The molecule has 1 N–H and O–H groups in total. The average molecular weight is 321 g/mol. The molecule has 0 spiro atoms. The van der Waals surface area contributed by atoms with E-state index in [1.807, 2.05) is 6.92 Å². The van der Waals surface area contributed by atoms with E-state index in [0.717, 1.165) is 19.4 Å². The van der Waals surface area contributed by atoms with Crippen molar-refractivity contribution < 1.29 is 23.8 Å². The van der Waals surface area contributed by atoms with Crippen molar-refractivity contribution in [2.24, 2.45) is 0 Å². The summed E-state index contributed by atoms with van der Waals surface area (Å²) in [6.07, 6.45) is 1.42. The molecule has 2 atom stereocenters. The highest BCUT2D eigenvalue weighted by molar-refractivity contribution is 5.92. The quantitative estimate of drug-likeness (QED) is 0.777. The predicted octanol–water partition coefficient (Wildman–Crippen LogP) is 1.93. The van der Waals surface area contributed by atoms with E-state index in [9.17, 15) is 9.59 Å². The second-order valence-corrected chi connectivity index (χ2v) is 5.41. The lowest BCUT2D eigenvalue weighted by atomic mass is 10.2. The van der Waals surface area contributed by atoms with Crippen LogP contribution >= 0.6 is 0 Å². The van der Waals surface area contributed by atoms with Gasteiger partial charge in [0.25, 0.3) is 5.91 Å². The molecule has 0 aliphatic carbocycles. The van der Waals surface area contributed by atoms with Gasteiger partial charge in [-0.25, -0.2) is 4.79 Å². The second-order valence-electron chi connectivity index (χ2n) is 5.41. The standard InChI is InChI=1S/C17H23NO5/c1-3-18-16(19)12(2)23-17(20)13-6-8-14(9-7-13)22-11-15-5-4-10-21-15/h6-9,12,15H,3-5,10-11H2,1-2H3,(H,18,19). The number of hydrogen-bond acceptors (Lipinski definition) is 5. The molecular formula is C17H23NO5. The monoisotopic (exact) mass is 321 g/mol. The molecule has 1 aliphatic rings. The highest BCUT2D eigenvalue weighted by Gasteiger charge is 2.19. The van der Waals surface area contributed by atoms with Crippen LogP contribution in [-0.2, 0) is 14.3 Å². The number of carbonyl (C=O) groups is 2. The van der Waals surface area contributed by atoms with E-state index in [4.69, 9.17) is 14.2 Å². The molecule has 0 radical (unpaired) electrons. The zero-order chi connectivity index (χ0) is 16.7. The van der Waals surface area contributed by atoms with Crippen LogP contribution in [0.3, 0.4) is 0 Å². The Bertz CT molecular complexity index is 522. The van der Waals surface area contributed by atoms with Crippen LogP contribution in [0.5, 0.6) is 5.75 Å². The van der Waals surface area contributed by atoms with E-state index in [1.165, 1.54) is 0 Å². The molecule has 1 saturated heterocycles. The lowest BCUT2D eigenvalue weighted by Crippen LogP contribution is -2.35. The number of hydrogen-bond donors (Lipinski definition) is 1. The van der Waals surface area contributed by atoms with Gasteiger partial charge < -0.3 is 19.5 Å². The zero-order valence-electron chi connectivity index (χ0n) is 13.5. The van der Waals surface area contributed by atoms with Crippen LogP contribution in [0, 0.1) is 0 Å². The van der Waals surface area contributed by atoms with E-state index in [2.05, 4.69) is 5.32 Å². The molecule has 1 aliphatic heterocycles. The number of esters is 1. The van der Waals surface area contributed by atoms with Crippen molar-refractivity contribution in [3.05, 3.63) is 29.8 Å². The van der Waals surface area contributed by atoms with E-state index in [0.29, 0.717) is 24.5 Å². The van der Waals surface area contributed by atoms with Gasteiger partial charge in [-0.2, -0.15) is 0 Å². The third kappa shape index (κ3) is 5.25. The molecular weight excluding hydrogens is 298 g/mol. The van der Waals surface area contributed by atoms with Crippen molar-refractivity contribution in [2.75, 3.05) is 19.8 Å². The number of amides is 1. The van der Waals surface area contributed by atoms with Crippen LogP contribution in [0.2, 0.25) is 0 Å². The lowest BCUT2D eigenvalue weighted by Gasteiger charge is -2.13. The van der Waals surface area contributed by atoms with Gasteiger partial charge in [0.05, 0.1) is 11.7 Å². The van der Waals surface area contributed by atoms with Gasteiger partial charge in [0.1, 0.15) is 12.4 Å². The molecule has 23 heavy (non-hydrogen) atoms. The first kappa shape index (κ1) is 17.3.